The number of hydrogen-bond donors (Lipinski definition) is 2. The molecule has 148 valence electrons. The van der Waals surface area contributed by atoms with Crippen LogP contribution in [0.4, 0.5) is 0 Å². The van der Waals surface area contributed by atoms with Gasteiger partial charge in [-0.25, -0.2) is 0 Å². The van der Waals surface area contributed by atoms with Gasteiger partial charge in [0.15, 0.2) is 5.78 Å². The predicted octanol–water partition coefficient (Wildman–Crippen LogP) is 3.38. The molecule has 0 spiro atoms. The number of benzene rings is 1. The van der Waals surface area contributed by atoms with Crippen LogP contribution >= 0.6 is 0 Å². The zero-order chi connectivity index (χ0) is 19.6. The topological polar surface area (TPSA) is 74.4 Å². The van der Waals surface area contributed by atoms with E-state index in [1.54, 1.807) is 6.92 Å². The van der Waals surface area contributed by atoms with Crippen LogP contribution in [0.5, 0.6) is 5.75 Å². The lowest BCUT2D eigenvalue weighted by atomic mass is 10.2. The molecular formula is C21H31N3O3. The Morgan fingerprint density at radius 3 is 2.74 bits per heavy atom. The molecule has 27 heavy (non-hydrogen) atoms. The second-order valence-corrected chi connectivity index (χ2v) is 6.95. The van der Waals surface area contributed by atoms with Gasteiger partial charge < -0.3 is 19.9 Å². The van der Waals surface area contributed by atoms with Crippen LogP contribution in [0.2, 0.25) is 0 Å². The molecule has 0 aliphatic heterocycles. The summed E-state index contributed by atoms with van der Waals surface area (Å²) < 4.78 is 5.82. The first kappa shape index (κ1) is 21.0. The van der Waals surface area contributed by atoms with E-state index in [-0.39, 0.29) is 11.7 Å². The average Bonchev–Trinajstić information content (AvgIpc) is 3.06. The van der Waals surface area contributed by atoms with Crippen molar-refractivity contribution in [3.63, 3.8) is 0 Å². The average molecular weight is 373 g/mol. The van der Waals surface area contributed by atoms with Crippen molar-refractivity contribution in [2.45, 2.75) is 39.5 Å². The minimum Gasteiger partial charge on any atom is -0.492 e. The number of ketones is 1. The summed E-state index contributed by atoms with van der Waals surface area (Å²) in [6.45, 7) is 6.47. The van der Waals surface area contributed by atoms with Gasteiger partial charge in [-0.1, -0.05) is 19.8 Å². The number of hydrogen-bond acceptors (Lipinski definition) is 4. The number of H-pyrrole nitrogens is 1. The molecule has 2 N–H and O–H groups in total. The van der Waals surface area contributed by atoms with Crippen LogP contribution < -0.4 is 10.1 Å². The van der Waals surface area contributed by atoms with Crippen LogP contribution in [0.3, 0.4) is 0 Å². The van der Waals surface area contributed by atoms with Gasteiger partial charge in [0, 0.05) is 43.9 Å². The first-order valence-corrected chi connectivity index (χ1v) is 9.71. The van der Waals surface area contributed by atoms with Gasteiger partial charge >= 0.3 is 0 Å². The number of carbonyl (C=O) groups excluding carboxylic acids is 2. The maximum absolute atomic E-state index is 11.7. The van der Waals surface area contributed by atoms with E-state index in [0.29, 0.717) is 25.3 Å². The lowest BCUT2D eigenvalue weighted by molar-refractivity contribution is -0.121. The number of ether oxygens (including phenoxy) is 1. The lowest BCUT2D eigenvalue weighted by Gasteiger charge is -2.17. The molecule has 6 heteroatoms. The van der Waals surface area contributed by atoms with Gasteiger partial charge in [0.25, 0.3) is 0 Å². The standard InChI is InChI=1S/C21H31N3O3/c1-4-5-6-7-21(26)22-10-11-24(3)12-13-27-18-8-9-19-17(14-18)15-20(23-19)16(2)25/h8-9,14-15,23H,4-7,10-13H2,1-3H3,(H,22,26). The third-order valence-corrected chi connectivity index (χ3v) is 4.54. The van der Waals surface area contributed by atoms with E-state index in [9.17, 15) is 9.59 Å². The van der Waals surface area contributed by atoms with Crippen molar-refractivity contribution < 1.29 is 14.3 Å². The quantitative estimate of drug-likeness (QED) is 0.442. The molecule has 0 fully saturated rings. The van der Waals surface area contributed by atoms with Crippen molar-refractivity contribution in [2.75, 3.05) is 33.3 Å². The van der Waals surface area contributed by atoms with E-state index in [0.717, 1.165) is 49.0 Å². The van der Waals surface area contributed by atoms with Crippen LogP contribution in [-0.2, 0) is 4.79 Å². The highest BCUT2D eigenvalue weighted by Crippen LogP contribution is 2.21. The molecule has 0 saturated heterocycles. The van der Waals surface area contributed by atoms with Gasteiger partial charge in [-0.15, -0.1) is 0 Å². The summed E-state index contributed by atoms with van der Waals surface area (Å²) in [5.41, 5.74) is 1.54. The Morgan fingerprint density at radius 2 is 2.00 bits per heavy atom. The molecule has 6 nitrogen and oxygen atoms in total. The van der Waals surface area contributed by atoms with E-state index in [1.807, 2.05) is 31.3 Å². The summed E-state index contributed by atoms with van der Waals surface area (Å²) in [5, 5.41) is 3.93. The third-order valence-electron chi connectivity index (χ3n) is 4.54. The number of nitrogens with zero attached hydrogens (tertiary/aromatic N) is 1. The Bertz CT molecular complexity index is 754. The Hall–Kier alpha value is -2.34. The molecule has 0 radical (unpaired) electrons. The first-order valence-electron chi connectivity index (χ1n) is 9.71. The third kappa shape index (κ3) is 7.06. The van der Waals surface area contributed by atoms with Crippen molar-refractivity contribution in [3.05, 3.63) is 30.0 Å². The molecule has 1 amide bonds. The largest absolute Gasteiger partial charge is 0.492 e. The van der Waals surface area contributed by atoms with Gasteiger partial charge in [0.2, 0.25) is 5.91 Å². The summed E-state index contributed by atoms with van der Waals surface area (Å²) >= 11 is 0. The van der Waals surface area contributed by atoms with E-state index in [1.165, 1.54) is 0 Å². The second-order valence-electron chi connectivity index (χ2n) is 6.95. The molecule has 0 unspecified atom stereocenters. The molecular weight excluding hydrogens is 342 g/mol. The van der Waals surface area contributed by atoms with E-state index >= 15 is 0 Å². The number of unbranched alkanes of at least 4 members (excludes halogenated alkanes) is 2. The maximum Gasteiger partial charge on any atom is 0.220 e. The normalized spacial score (nSPS) is 11.1. The maximum atomic E-state index is 11.7. The van der Waals surface area contributed by atoms with Crippen molar-refractivity contribution >= 4 is 22.6 Å². The Morgan fingerprint density at radius 1 is 1.19 bits per heavy atom. The zero-order valence-electron chi connectivity index (χ0n) is 16.6. The van der Waals surface area contributed by atoms with Gasteiger partial charge in [0.05, 0.1) is 5.69 Å². The molecule has 0 aliphatic carbocycles. The van der Waals surface area contributed by atoms with Crippen LogP contribution in [0.15, 0.2) is 24.3 Å². The minimum absolute atomic E-state index is 0.0211. The molecule has 0 bridgehead atoms. The monoisotopic (exact) mass is 373 g/mol. The number of nitrogens with one attached hydrogen (secondary N) is 2. The predicted molar refractivity (Wildman–Crippen MR) is 108 cm³/mol. The number of aromatic amines is 1. The Kier molecular flexibility index (Phi) is 8.33. The van der Waals surface area contributed by atoms with E-state index in [2.05, 4.69) is 22.1 Å². The number of carbonyl (C=O) groups is 2. The second kappa shape index (κ2) is 10.7. The van der Waals surface area contributed by atoms with Gasteiger partial charge in [-0.3, -0.25) is 9.59 Å². The van der Waals surface area contributed by atoms with Crippen LogP contribution in [0, 0.1) is 0 Å². The van der Waals surface area contributed by atoms with Crippen molar-refractivity contribution in [1.29, 1.82) is 0 Å². The molecule has 0 saturated carbocycles. The summed E-state index contributed by atoms with van der Waals surface area (Å²) in [4.78, 5) is 28.3. The molecule has 1 aromatic carbocycles. The Labute approximate surface area is 161 Å². The summed E-state index contributed by atoms with van der Waals surface area (Å²) in [5.74, 6) is 0.944. The molecule has 0 atom stereocenters. The van der Waals surface area contributed by atoms with Crippen LogP contribution in [0.1, 0.15) is 50.0 Å². The van der Waals surface area contributed by atoms with Gasteiger partial charge in [-0.2, -0.15) is 0 Å². The molecule has 1 aromatic heterocycles. The van der Waals surface area contributed by atoms with Crippen molar-refractivity contribution in [1.82, 2.24) is 15.2 Å². The lowest BCUT2D eigenvalue weighted by Crippen LogP contribution is -2.34. The number of amides is 1. The highest BCUT2D eigenvalue weighted by molar-refractivity contribution is 5.98. The van der Waals surface area contributed by atoms with Crippen LogP contribution in [0.25, 0.3) is 10.9 Å². The number of Topliss-reactive ketones (excluding diaryl/α,β-unsaturated/α-hetero) is 1. The van der Waals surface area contributed by atoms with E-state index in [4.69, 9.17) is 4.74 Å². The molecule has 2 aromatic rings. The SMILES string of the molecule is CCCCCC(=O)NCCN(C)CCOc1ccc2[nH]c(C(C)=O)cc2c1. The number of rotatable bonds is 12. The van der Waals surface area contributed by atoms with Gasteiger partial charge in [0.1, 0.15) is 12.4 Å². The minimum atomic E-state index is 0.0211. The van der Waals surface area contributed by atoms with Crippen molar-refractivity contribution in [2.24, 2.45) is 0 Å². The highest BCUT2D eigenvalue weighted by Gasteiger charge is 2.06. The fourth-order valence-electron chi connectivity index (χ4n) is 2.83. The smallest absolute Gasteiger partial charge is 0.220 e. The first-order chi connectivity index (χ1) is 13.0. The molecule has 1 heterocycles. The fraction of sp³-hybridized carbons (Fsp3) is 0.524. The van der Waals surface area contributed by atoms with Crippen molar-refractivity contribution in [3.8, 4) is 5.75 Å². The number of aromatic nitrogens is 1. The zero-order valence-corrected chi connectivity index (χ0v) is 16.6. The van der Waals surface area contributed by atoms with Crippen LogP contribution in [-0.4, -0.2) is 54.9 Å². The van der Waals surface area contributed by atoms with E-state index < -0.39 is 0 Å². The van der Waals surface area contributed by atoms with Gasteiger partial charge in [-0.05, 0) is 37.7 Å². The number of fused-ring (bicyclic) bond motifs is 1. The summed E-state index contributed by atoms with van der Waals surface area (Å²) in [7, 11) is 2.01. The molecule has 2 rings (SSSR count). The highest BCUT2D eigenvalue weighted by atomic mass is 16.5. The summed E-state index contributed by atoms with van der Waals surface area (Å²) in [6, 6.07) is 7.61. The summed E-state index contributed by atoms with van der Waals surface area (Å²) in [6.07, 6.45) is 3.82. The Balaban J connectivity index is 1.67. The molecule has 0 aliphatic rings. The number of likely N-dealkylation sites (N-methyl/N-ethyl adjacent to an activating group) is 1. The fourth-order valence-corrected chi connectivity index (χ4v) is 2.83.